The third-order valence-electron chi connectivity index (χ3n) is 5.88. The summed E-state index contributed by atoms with van der Waals surface area (Å²) in [5.41, 5.74) is 8.40. The van der Waals surface area contributed by atoms with Crippen molar-refractivity contribution in [3.05, 3.63) is 46.1 Å². The van der Waals surface area contributed by atoms with Crippen LogP contribution in [0.15, 0.2) is 40.5 Å². The number of hydrogen-bond acceptors (Lipinski definition) is 6. The standard InChI is InChI=1S/C21H29ClN6O2/c1-21(2)17-12-23-19(25-16-6-8-30-9-7-16)26-18(17)13-28(21)20(29)27-24-11-14-4-3-5-15(22)10-14/h3-5,10,12,16,19,24-26H,6-9,11,13H2,1-2H3,(H,27,29). The summed E-state index contributed by atoms with van der Waals surface area (Å²) in [6.07, 6.45) is 3.69. The zero-order valence-electron chi connectivity index (χ0n) is 17.4. The number of carbonyl (C=O) groups is 1. The van der Waals surface area contributed by atoms with Gasteiger partial charge in [0.15, 0.2) is 6.29 Å². The maximum absolute atomic E-state index is 12.9. The molecule has 0 bridgehead atoms. The van der Waals surface area contributed by atoms with Crippen molar-refractivity contribution in [2.75, 3.05) is 19.8 Å². The van der Waals surface area contributed by atoms with Gasteiger partial charge in [0.25, 0.3) is 0 Å². The first kappa shape index (κ1) is 21.1. The molecule has 3 aliphatic rings. The summed E-state index contributed by atoms with van der Waals surface area (Å²) in [5, 5.41) is 7.67. The number of halogens is 1. The molecule has 162 valence electrons. The van der Waals surface area contributed by atoms with Gasteiger partial charge in [-0.05, 0) is 44.4 Å². The van der Waals surface area contributed by atoms with Crippen molar-refractivity contribution in [2.45, 2.75) is 51.1 Å². The Kier molecular flexibility index (Phi) is 6.29. The van der Waals surface area contributed by atoms with E-state index in [0.29, 0.717) is 24.2 Å². The number of benzene rings is 1. The Labute approximate surface area is 182 Å². The number of hydrazine groups is 1. The van der Waals surface area contributed by atoms with E-state index in [1.54, 1.807) is 4.90 Å². The Balaban J connectivity index is 1.32. The molecule has 4 N–H and O–H groups in total. The van der Waals surface area contributed by atoms with Crippen LogP contribution in [0.25, 0.3) is 0 Å². The second kappa shape index (κ2) is 8.93. The second-order valence-electron chi connectivity index (χ2n) is 8.33. The van der Waals surface area contributed by atoms with Crippen molar-refractivity contribution in [1.29, 1.82) is 0 Å². The number of amides is 2. The molecule has 0 spiro atoms. The molecule has 9 heteroatoms. The van der Waals surface area contributed by atoms with E-state index < -0.39 is 5.54 Å². The quantitative estimate of drug-likeness (QED) is 0.535. The van der Waals surface area contributed by atoms with Crippen LogP contribution in [0.2, 0.25) is 5.02 Å². The summed E-state index contributed by atoms with van der Waals surface area (Å²) in [4.78, 5) is 19.3. The Hall–Kier alpha value is -2.13. The molecule has 0 radical (unpaired) electrons. The monoisotopic (exact) mass is 432 g/mol. The smallest absolute Gasteiger partial charge is 0.332 e. The van der Waals surface area contributed by atoms with E-state index in [0.717, 1.165) is 42.9 Å². The third kappa shape index (κ3) is 4.62. The second-order valence-corrected chi connectivity index (χ2v) is 8.77. The largest absolute Gasteiger partial charge is 0.381 e. The Morgan fingerprint density at radius 2 is 2.17 bits per heavy atom. The highest BCUT2D eigenvalue weighted by atomic mass is 35.5. The van der Waals surface area contributed by atoms with Crippen LogP contribution < -0.4 is 21.5 Å². The SMILES string of the molecule is CC1(C)C2=C(CN1C(=O)NNCc1cccc(Cl)c1)NC(NC1CCOCC1)N=C2. The third-order valence-corrected chi connectivity index (χ3v) is 6.11. The summed E-state index contributed by atoms with van der Waals surface area (Å²) in [6, 6.07) is 7.74. The molecule has 4 rings (SSSR count). The summed E-state index contributed by atoms with van der Waals surface area (Å²) < 4.78 is 5.42. The van der Waals surface area contributed by atoms with E-state index >= 15 is 0 Å². The summed E-state index contributed by atoms with van der Waals surface area (Å²) in [6.45, 7) is 6.63. The number of aliphatic imine (C=N–C) groups is 1. The average molecular weight is 433 g/mol. The van der Waals surface area contributed by atoms with Crippen molar-refractivity contribution in [2.24, 2.45) is 4.99 Å². The average Bonchev–Trinajstić information content (AvgIpc) is 2.99. The molecule has 3 aliphatic heterocycles. The lowest BCUT2D eigenvalue weighted by Gasteiger charge is -2.33. The van der Waals surface area contributed by atoms with Gasteiger partial charge in [0, 0.05) is 48.3 Å². The molecule has 0 aliphatic carbocycles. The summed E-state index contributed by atoms with van der Waals surface area (Å²) in [5.74, 6) is 0. The van der Waals surface area contributed by atoms with Crippen LogP contribution in [-0.2, 0) is 11.3 Å². The van der Waals surface area contributed by atoms with Gasteiger partial charge in [0.05, 0.1) is 12.1 Å². The molecule has 2 amide bonds. The summed E-state index contributed by atoms with van der Waals surface area (Å²) >= 11 is 6.01. The van der Waals surface area contributed by atoms with E-state index in [9.17, 15) is 4.79 Å². The number of ether oxygens (including phenoxy) is 1. The maximum atomic E-state index is 12.9. The predicted octanol–water partition coefficient (Wildman–Crippen LogP) is 2.13. The number of hydrogen-bond donors (Lipinski definition) is 4. The Morgan fingerprint density at radius 3 is 2.93 bits per heavy atom. The molecule has 30 heavy (non-hydrogen) atoms. The minimum absolute atomic E-state index is 0.174. The minimum Gasteiger partial charge on any atom is -0.381 e. The molecule has 1 fully saturated rings. The topological polar surface area (TPSA) is 90.0 Å². The maximum Gasteiger partial charge on any atom is 0.332 e. The van der Waals surface area contributed by atoms with Crippen LogP contribution >= 0.6 is 11.6 Å². The number of nitrogens with one attached hydrogen (secondary N) is 4. The first-order valence-electron chi connectivity index (χ1n) is 10.4. The van der Waals surface area contributed by atoms with E-state index in [1.807, 2.05) is 44.3 Å². The van der Waals surface area contributed by atoms with Crippen LogP contribution in [0.1, 0.15) is 32.3 Å². The van der Waals surface area contributed by atoms with Gasteiger partial charge in [-0.1, -0.05) is 23.7 Å². The normalized spacial score (nSPS) is 23.3. The highest BCUT2D eigenvalue weighted by Crippen LogP contribution is 2.33. The fourth-order valence-corrected chi connectivity index (χ4v) is 4.31. The van der Waals surface area contributed by atoms with Crippen molar-refractivity contribution < 1.29 is 9.53 Å². The number of carbonyl (C=O) groups excluding carboxylic acids is 1. The molecule has 0 saturated carbocycles. The van der Waals surface area contributed by atoms with Crippen molar-refractivity contribution in [1.82, 2.24) is 26.4 Å². The minimum atomic E-state index is -0.461. The fraction of sp³-hybridized carbons (Fsp3) is 0.524. The summed E-state index contributed by atoms with van der Waals surface area (Å²) in [7, 11) is 0. The highest BCUT2D eigenvalue weighted by molar-refractivity contribution is 6.30. The van der Waals surface area contributed by atoms with Gasteiger partial charge in [-0.15, -0.1) is 0 Å². The number of rotatable bonds is 5. The van der Waals surface area contributed by atoms with Crippen molar-refractivity contribution >= 4 is 23.8 Å². The lowest BCUT2D eigenvalue weighted by atomic mass is 9.95. The van der Waals surface area contributed by atoms with Crippen molar-refractivity contribution in [3.8, 4) is 0 Å². The van der Waals surface area contributed by atoms with Crippen LogP contribution in [0.4, 0.5) is 4.79 Å². The number of nitrogens with zero attached hydrogens (tertiary/aromatic N) is 2. The van der Waals surface area contributed by atoms with Gasteiger partial charge in [-0.3, -0.25) is 15.7 Å². The number of urea groups is 1. The van der Waals surface area contributed by atoms with E-state index in [2.05, 4.69) is 26.5 Å². The molecular weight excluding hydrogens is 404 g/mol. The van der Waals surface area contributed by atoms with E-state index in [4.69, 9.17) is 16.3 Å². The van der Waals surface area contributed by atoms with E-state index in [-0.39, 0.29) is 12.3 Å². The molecule has 1 aromatic rings. The van der Waals surface area contributed by atoms with Crippen LogP contribution in [0.3, 0.4) is 0 Å². The van der Waals surface area contributed by atoms with Gasteiger partial charge in [0.1, 0.15) is 0 Å². The molecule has 3 heterocycles. The van der Waals surface area contributed by atoms with Crippen LogP contribution in [0, 0.1) is 0 Å². The molecule has 1 aromatic carbocycles. The Morgan fingerprint density at radius 1 is 1.37 bits per heavy atom. The molecule has 1 unspecified atom stereocenters. The van der Waals surface area contributed by atoms with Crippen LogP contribution in [-0.4, -0.2) is 54.8 Å². The highest BCUT2D eigenvalue weighted by Gasteiger charge is 2.43. The molecule has 1 atom stereocenters. The van der Waals surface area contributed by atoms with Gasteiger partial charge in [-0.2, -0.15) is 0 Å². The van der Waals surface area contributed by atoms with Gasteiger partial charge < -0.3 is 15.0 Å². The lowest BCUT2D eigenvalue weighted by molar-refractivity contribution is 0.0742. The van der Waals surface area contributed by atoms with Gasteiger partial charge in [-0.25, -0.2) is 10.2 Å². The zero-order chi connectivity index (χ0) is 21.1. The molecule has 8 nitrogen and oxygen atoms in total. The predicted molar refractivity (Wildman–Crippen MR) is 117 cm³/mol. The first-order valence-corrected chi connectivity index (χ1v) is 10.7. The lowest BCUT2D eigenvalue weighted by Crippen LogP contribution is -2.53. The molecular formula is C21H29ClN6O2. The van der Waals surface area contributed by atoms with Gasteiger partial charge >= 0.3 is 6.03 Å². The molecule has 0 aromatic heterocycles. The fourth-order valence-electron chi connectivity index (χ4n) is 4.10. The Bertz CT molecular complexity index is 850. The zero-order valence-corrected chi connectivity index (χ0v) is 18.1. The van der Waals surface area contributed by atoms with Crippen LogP contribution in [0.5, 0.6) is 0 Å². The molecule has 1 saturated heterocycles. The van der Waals surface area contributed by atoms with Gasteiger partial charge in [0.2, 0.25) is 0 Å². The van der Waals surface area contributed by atoms with E-state index in [1.165, 1.54) is 0 Å². The van der Waals surface area contributed by atoms with Crippen molar-refractivity contribution in [3.63, 3.8) is 0 Å². The first-order chi connectivity index (χ1) is 14.4.